The number of hydrogen-bond acceptors (Lipinski definition) is 12. The van der Waals surface area contributed by atoms with Crippen molar-refractivity contribution < 1.29 is 59.9 Å². The minimum Gasteiger partial charge on any atom is -0.507 e. The largest absolute Gasteiger partial charge is 0.507 e. The average Bonchev–Trinajstić information content (AvgIpc) is 2.78. The normalized spacial score (nSPS) is 31.5. The van der Waals surface area contributed by atoms with Crippen LogP contribution in [0.4, 0.5) is 0 Å². The summed E-state index contributed by atoms with van der Waals surface area (Å²) in [4.78, 5) is 12.7. The van der Waals surface area contributed by atoms with E-state index in [0.717, 1.165) is 18.2 Å². The number of ether oxygens (including phenoxy) is 3. The summed E-state index contributed by atoms with van der Waals surface area (Å²) >= 11 is 0. The smallest absolute Gasteiger partial charge is 0.229 e. The highest BCUT2D eigenvalue weighted by molar-refractivity contribution is 6.05. The first-order chi connectivity index (χ1) is 15.6. The van der Waals surface area contributed by atoms with Gasteiger partial charge < -0.3 is 55.1 Å². The molecule has 2 aromatic carbocycles. The van der Waals surface area contributed by atoms with E-state index >= 15 is 0 Å². The molecule has 0 aliphatic carbocycles. The molecule has 0 radical (unpaired) electrons. The SMILES string of the molecule is O=C1c2c(O)cc(O[C@@H]3O[C@H](CO)[C@@H](O)[C@H](O)[C@H]3O)cc2O[C@H](c2ccc(O)c(O)c2)[C@H]1O. The van der Waals surface area contributed by atoms with Crippen molar-refractivity contribution in [2.24, 2.45) is 0 Å². The fraction of sp³-hybridized carbons (Fsp3) is 0.381. The predicted octanol–water partition coefficient (Wildman–Crippen LogP) is -1.34. The first-order valence-corrected chi connectivity index (χ1v) is 9.87. The van der Waals surface area contributed by atoms with Crippen LogP contribution in [0.1, 0.15) is 22.0 Å². The van der Waals surface area contributed by atoms with Crippen molar-refractivity contribution in [3.8, 4) is 28.7 Å². The van der Waals surface area contributed by atoms with Crippen LogP contribution in [0, 0.1) is 0 Å². The molecule has 0 saturated carbocycles. The van der Waals surface area contributed by atoms with Crippen molar-refractivity contribution in [3.05, 3.63) is 41.5 Å². The maximum absolute atomic E-state index is 12.7. The van der Waals surface area contributed by atoms with Gasteiger partial charge in [0.05, 0.1) is 6.61 Å². The fourth-order valence-corrected chi connectivity index (χ4v) is 3.74. The third kappa shape index (κ3) is 4.04. The molecule has 4 rings (SSSR count). The molecule has 7 atom stereocenters. The Morgan fingerprint density at radius 1 is 0.879 bits per heavy atom. The second-order valence-corrected chi connectivity index (χ2v) is 7.73. The zero-order valence-electron chi connectivity index (χ0n) is 16.8. The van der Waals surface area contributed by atoms with Gasteiger partial charge >= 0.3 is 0 Å². The van der Waals surface area contributed by atoms with Crippen LogP contribution in [0.3, 0.4) is 0 Å². The standard InChI is InChI=1S/C21H22O12/c22-6-13-15(26)17(28)19(30)21(33-13)31-8-4-11(25)14-12(5-8)32-20(18(29)16(14)27)7-1-2-9(23)10(24)3-7/h1-5,13,15,17-26,28-30H,6H2/t13-,15-,17+,18+,19-,20-,21-/m1/s1. The number of aliphatic hydroxyl groups is 5. The van der Waals surface area contributed by atoms with E-state index < -0.39 is 72.6 Å². The van der Waals surface area contributed by atoms with E-state index in [0.29, 0.717) is 0 Å². The molecule has 0 amide bonds. The molecule has 1 saturated heterocycles. The molecule has 2 aliphatic heterocycles. The van der Waals surface area contributed by atoms with Crippen molar-refractivity contribution in [2.75, 3.05) is 6.61 Å². The van der Waals surface area contributed by atoms with Crippen LogP contribution < -0.4 is 9.47 Å². The number of phenolic OH excluding ortho intramolecular Hbond substituents is 3. The second-order valence-electron chi connectivity index (χ2n) is 7.73. The van der Waals surface area contributed by atoms with Crippen molar-refractivity contribution in [3.63, 3.8) is 0 Å². The Morgan fingerprint density at radius 2 is 1.61 bits per heavy atom. The summed E-state index contributed by atoms with van der Waals surface area (Å²) in [7, 11) is 0. The lowest BCUT2D eigenvalue weighted by Gasteiger charge is -2.39. The quantitative estimate of drug-likeness (QED) is 0.246. The van der Waals surface area contributed by atoms with Crippen molar-refractivity contribution in [2.45, 2.75) is 42.9 Å². The third-order valence-electron chi connectivity index (χ3n) is 5.54. The number of carbonyl (C=O) groups excluding carboxylic acids is 1. The first kappa shape index (κ1) is 23.0. The van der Waals surface area contributed by atoms with Gasteiger partial charge in [-0.05, 0) is 17.7 Å². The minimum absolute atomic E-state index is 0.160. The molecule has 12 nitrogen and oxygen atoms in total. The lowest BCUT2D eigenvalue weighted by Crippen LogP contribution is -2.60. The van der Waals surface area contributed by atoms with Gasteiger partial charge in [0.2, 0.25) is 12.1 Å². The monoisotopic (exact) mass is 466 g/mol. The van der Waals surface area contributed by atoms with Crippen LogP contribution in [-0.4, -0.2) is 90.1 Å². The van der Waals surface area contributed by atoms with Gasteiger partial charge in [0.1, 0.15) is 47.2 Å². The second kappa shape index (κ2) is 8.67. The zero-order valence-corrected chi connectivity index (χ0v) is 16.8. The molecule has 2 heterocycles. The molecule has 2 aromatic rings. The number of phenols is 3. The van der Waals surface area contributed by atoms with Gasteiger partial charge in [0.25, 0.3) is 0 Å². The number of aliphatic hydroxyl groups excluding tert-OH is 5. The molecule has 1 fully saturated rings. The van der Waals surface area contributed by atoms with E-state index in [1.807, 2.05) is 0 Å². The van der Waals surface area contributed by atoms with Gasteiger partial charge in [0.15, 0.2) is 23.7 Å². The summed E-state index contributed by atoms with van der Waals surface area (Å²) in [6, 6.07) is 5.76. The summed E-state index contributed by atoms with van der Waals surface area (Å²) in [5.41, 5.74) is -0.167. The summed E-state index contributed by atoms with van der Waals surface area (Å²) in [5.74, 6) is -2.74. The summed E-state index contributed by atoms with van der Waals surface area (Å²) in [6.45, 7) is -0.670. The van der Waals surface area contributed by atoms with Gasteiger partial charge in [-0.15, -0.1) is 0 Å². The Kier molecular flexibility index (Phi) is 6.05. The van der Waals surface area contributed by atoms with Crippen LogP contribution in [-0.2, 0) is 4.74 Å². The molecule has 0 aromatic heterocycles. The van der Waals surface area contributed by atoms with E-state index in [1.54, 1.807) is 0 Å². The van der Waals surface area contributed by atoms with E-state index in [-0.39, 0.29) is 22.6 Å². The van der Waals surface area contributed by atoms with Crippen molar-refractivity contribution in [1.82, 2.24) is 0 Å². The van der Waals surface area contributed by atoms with Crippen LogP contribution in [0.5, 0.6) is 28.7 Å². The molecule has 0 spiro atoms. The number of ketones is 1. The van der Waals surface area contributed by atoms with Gasteiger partial charge in [-0.3, -0.25) is 4.79 Å². The molecule has 0 unspecified atom stereocenters. The molecular weight excluding hydrogens is 444 g/mol. The van der Waals surface area contributed by atoms with Gasteiger partial charge in [-0.25, -0.2) is 0 Å². The van der Waals surface area contributed by atoms with E-state index in [9.17, 15) is 45.6 Å². The van der Waals surface area contributed by atoms with Gasteiger partial charge in [-0.1, -0.05) is 6.07 Å². The number of aromatic hydroxyl groups is 3. The minimum atomic E-state index is -1.73. The van der Waals surface area contributed by atoms with E-state index in [2.05, 4.69) is 0 Å². The molecular formula is C21H22O12. The van der Waals surface area contributed by atoms with Crippen LogP contribution in [0.2, 0.25) is 0 Å². The Hall–Kier alpha value is -3.13. The third-order valence-corrected chi connectivity index (χ3v) is 5.54. The number of hydrogen-bond donors (Lipinski definition) is 8. The summed E-state index contributed by atoms with van der Waals surface area (Å²) in [6.07, 6.45) is -10.8. The lowest BCUT2D eigenvalue weighted by atomic mass is 9.92. The highest BCUT2D eigenvalue weighted by Gasteiger charge is 2.45. The summed E-state index contributed by atoms with van der Waals surface area (Å²) < 4.78 is 16.4. The molecule has 33 heavy (non-hydrogen) atoms. The van der Waals surface area contributed by atoms with Crippen LogP contribution in [0.15, 0.2) is 30.3 Å². The van der Waals surface area contributed by atoms with E-state index in [1.165, 1.54) is 12.1 Å². The molecule has 178 valence electrons. The number of rotatable bonds is 4. The number of benzene rings is 2. The van der Waals surface area contributed by atoms with Crippen molar-refractivity contribution >= 4 is 5.78 Å². The Bertz CT molecular complexity index is 1050. The predicted molar refractivity (Wildman–Crippen MR) is 106 cm³/mol. The molecule has 0 bridgehead atoms. The van der Waals surface area contributed by atoms with Gasteiger partial charge in [0, 0.05) is 12.1 Å². The lowest BCUT2D eigenvalue weighted by molar-refractivity contribution is -0.277. The number of Topliss-reactive ketones (excluding diaryl/α,β-unsaturated/α-hetero) is 1. The average molecular weight is 466 g/mol. The number of carbonyl (C=O) groups is 1. The maximum atomic E-state index is 12.7. The Balaban J connectivity index is 1.64. The van der Waals surface area contributed by atoms with Crippen LogP contribution in [0.25, 0.3) is 0 Å². The highest BCUT2D eigenvalue weighted by atomic mass is 16.7. The zero-order chi connectivity index (χ0) is 24.0. The van der Waals surface area contributed by atoms with Crippen LogP contribution >= 0.6 is 0 Å². The molecule has 12 heteroatoms. The van der Waals surface area contributed by atoms with Gasteiger partial charge in [-0.2, -0.15) is 0 Å². The molecule has 8 N–H and O–H groups in total. The fourth-order valence-electron chi connectivity index (χ4n) is 3.74. The molecule has 2 aliphatic rings. The van der Waals surface area contributed by atoms with E-state index in [4.69, 9.17) is 14.2 Å². The topological polar surface area (TPSA) is 207 Å². The maximum Gasteiger partial charge on any atom is 0.229 e. The summed E-state index contributed by atoms with van der Waals surface area (Å²) in [5, 5.41) is 79.2. The first-order valence-electron chi connectivity index (χ1n) is 9.87. The van der Waals surface area contributed by atoms with Crippen molar-refractivity contribution in [1.29, 1.82) is 0 Å². The number of fused-ring (bicyclic) bond motifs is 1. The Morgan fingerprint density at radius 3 is 2.27 bits per heavy atom. The highest BCUT2D eigenvalue weighted by Crippen LogP contribution is 2.43. The Labute approximate surface area is 186 Å².